The van der Waals surface area contributed by atoms with E-state index in [2.05, 4.69) is 36.3 Å². The average Bonchev–Trinajstić information content (AvgIpc) is 3.59. The summed E-state index contributed by atoms with van der Waals surface area (Å²) in [4.78, 5) is 54.6. The van der Waals surface area contributed by atoms with E-state index < -0.39 is 17.6 Å². The number of carbonyl (C=O) groups excluding carboxylic acids is 4. The SMILES string of the molecule is C=C[C@H]1CC[C@@H](c2ccc(CC)cc2)N1C(=O)CN1C(=O)O[C@@]2(CCc3cc(NC(=O)NC)ccc32)C1=O. The van der Waals surface area contributed by atoms with E-state index in [1.165, 1.54) is 12.6 Å². The summed E-state index contributed by atoms with van der Waals surface area (Å²) in [5.74, 6) is -0.845. The molecule has 2 aliphatic heterocycles. The standard InChI is InChI=1S/C29H32N4O5/c1-4-18-6-8-19(9-7-18)24-13-11-22(5-2)33(24)25(34)17-32-26(35)29(38-28(32)37)15-14-20-16-21(10-12-23(20)29)31-27(36)30-3/h5-10,12,16,22,24H,2,4,11,13-15,17H2,1,3H3,(H2,30,31,36)/t22-,24-,29+/m0/s1. The first-order chi connectivity index (χ1) is 18.3. The highest BCUT2D eigenvalue weighted by Gasteiger charge is 2.58. The van der Waals surface area contributed by atoms with Gasteiger partial charge in [0.15, 0.2) is 0 Å². The first-order valence-corrected chi connectivity index (χ1v) is 13.0. The minimum absolute atomic E-state index is 0.155. The highest BCUT2D eigenvalue weighted by Crippen LogP contribution is 2.46. The summed E-state index contributed by atoms with van der Waals surface area (Å²) in [6.45, 7) is 5.61. The van der Waals surface area contributed by atoms with Crippen LogP contribution in [-0.2, 0) is 32.8 Å². The van der Waals surface area contributed by atoms with Gasteiger partial charge in [-0.05, 0) is 54.5 Å². The lowest BCUT2D eigenvalue weighted by molar-refractivity contribution is -0.142. The van der Waals surface area contributed by atoms with Gasteiger partial charge in [-0.2, -0.15) is 0 Å². The van der Waals surface area contributed by atoms with Crippen molar-refractivity contribution in [1.29, 1.82) is 0 Å². The van der Waals surface area contributed by atoms with Gasteiger partial charge in [-0.25, -0.2) is 14.5 Å². The number of anilines is 1. The number of carbonyl (C=O) groups is 4. The van der Waals surface area contributed by atoms with Crippen LogP contribution in [0.4, 0.5) is 15.3 Å². The summed E-state index contributed by atoms with van der Waals surface area (Å²) in [6.07, 6.45) is 4.18. The maximum Gasteiger partial charge on any atom is 0.418 e. The molecule has 9 nitrogen and oxygen atoms in total. The number of aryl methyl sites for hydroxylation is 2. The van der Waals surface area contributed by atoms with Crippen LogP contribution in [0.2, 0.25) is 0 Å². The van der Waals surface area contributed by atoms with E-state index in [1.54, 1.807) is 29.2 Å². The quantitative estimate of drug-likeness (QED) is 0.564. The molecular formula is C29H32N4O5. The first kappa shape index (κ1) is 25.5. The molecule has 0 aromatic heterocycles. The van der Waals surface area contributed by atoms with Gasteiger partial charge >= 0.3 is 12.1 Å². The van der Waals surface area contributed by atoms with E-state index in [9.17, 15) is 19.2 Å². The van der Waals surface area contributed by atoms with Crippen molar-refractivity contribution in [3.8, 4) is 0 Å². The fourth-order valence-corrected chi connectivity index (χ4v) is 5.87. The maximum atomic E-state index is 13.6. The molecule has 2 aromatic carbocycles. The summed E-state index contributed by atoms with van der Waals surface area (Å²) in [5, 5.41) is 5.20. The second-order valence-electron chi connectivity index (χ2n) is 9.95. The first-order valence-electron chi connectivity index (χ1n) is 13.0. The predicted molar refractivity (Wildman–Crippen MR) is 141 cm³/mol. The minimum atomic E-state index is -1.45. The smallest absolute Gasteiger partial charge is 0.418 e. The lowest BCUT2D eigenvalue weighted by atomic mass is 9.94. The molecule has 0 radical (unpaired) electrons. The second kappa shape index (κ2) is 9.96. The molecule has 0 unspecified atom stereocenters. The molecule has 0 bridgehead atoms. The highest BCUT2D eigenvalue weighted by molar-refractivity contribution is 6.06. The topological polar surface area (TPSA) is 108 Å². The number of urea groups is 1. The number of imide groups is 1. The van der Waals surface area contributed by atoms with Crippen LogP contribution in [0.15, 0.2) is 55.1 Å². The van der Waals surface area contributed by atoms with Gasteiger partial charge in [-0.1, -0.05) is 43.3 Å². The highest BCUT2D eigenvalue weighted by atomic mass is 16.6. The summed E-state index contributed by atoms with van der Waals surface area (Å²) in [6, 6.07) is 12.7. The Morgan fingerprint density at radius 1 is 1.16 bits per heavy atom. The molecule has 2 aromatic rings. The van der Waals surface area contributed by atoms with Gasteiger partial charge < -0.3 is 20.3 Å². The van der Waals surface area contributed by atoms with Crippen molar-refractivity contribution in [1.82, 2.24) is 15.1 Å². The molecule has 5 amide bonds. The van der Waals surface area contributed by atoms with E-state index >= 15 is 0 Å². The van der Waals surface area contributed by atoms with Crippen molar-refractivity contribution >= 4 is 29.6 Å². The van der Waals surface area contributed by atoms with Gasteiger partial charge in [-0.3, -0.25) is 9.59 Å². The molecule has 5 rings (SSSR count). The zero-order valence-corrected chi connectivity index (χ0v) is 21.7. The van der Waals surface area contributed by atoms with Crippen molar-refractivity contribution in [2.24, 2.45) is 0 Å². The number of fused-ring (bicyclic) bond motifs is 2. The van der Waals surface area contributed by atoms with Crippen LogP contribution in [0.25, 0.3) is 0 Å². The molecule has 2 fully saturated rings. The fraction of sp³-hybridized carbons (Fsp3) is 0.379. The van der Waals surface area contributed by atoms with Crippen LogP contribution in [0, 0.1) is 0 Å². The van der Waals surface area contributed by atoms with Crippen molar-refractivity contribution < 1.29 is 23.9 Å². The fourth-order valence-electron chi connectivity index (χ4n) is 5.87. The molecule has 1 aliphatic carbocycles. The molecule has 1 spiro atoms. The second-order valence-corrected chi connectivity index (χ2v) is 9.95. The Labute approximate surface area is 221 Å². The summed E-state index contributed by atoms with van der Waals surface area (Å²) >= 11 is 0. The Kier molecular flexibility index (Phi) is 6.69. The lowest BCUT2D eigenvalue weighted by Crippen LogP contribution is -2.46. The molecule has 2 heterocycles. The zero-order chi connectivity index (χ0) is 27.0. The molecule has 0 saturated carbocycles. The van der Waals surface area contributed by atoms with Crippen LogP contribution in [0.5, 0.6) is 0 Å². The average molecular weight is 517 g/mol. The Balaban J connectivity index is 1.36. The molecule has 198 valence electrons. The van der Waals surface area contributed by atoms with Crippen molar-refractivity contribution in [2.45, 2.75) is 56.7 Å². The lowest BCUT2D eigenvalue weighted by Gasteiger charge is -2.30. The molecule has 2 N–H and O–H groups in total. The third-order valence-electron chi connectivity index (χ3n) is 7.90. The van der Waals surface area contributed by atoms with E-state index in [0.29, 0.717) is 17.7 Å². The van der Waals surface area contributed by atoms with E-state index in [1.807, 2.05) is 12.1 Å². The van der Waals surface area contributed by atoms with Crippen LogP contribution < -0.4 is 10.6 Å². The number of likely N-dealkylation sites (tertiary alicyclic amines) is 1. The normalized spacial score (nSPS) is 23.9. The molecule has 9 heteroatoms. The molecule has 38 heavy (non-hydrogen) atoms. The van der Waals surface area contributed by atoms with Gasteiger partial charge in [0.1, 0.15) is 6.54 Å². The number of nitrogens with zero attached hydrogens (tertiary/aromatic N) is 2. The Morgan fingerprint density at radius 3 is 2.61 bits per heavy atom. The van der Waals surface area contributed by atoms with Crippen LogP contribution in [0.3, 0.4) is 0 Å². The van der Waals surface area contributed by atoms with Gasteiger partial charge in [0, 0.05) is 24.7 Å². The van der Waals surface area contributed by atoms with Crippen LogP contribution >= 0.6 is 0 Å². The van der Waals surface area contributed by atoms with E-state index in [0.717, 1.165) is 35.3 Å². The van der Waals surface area contributed by atoms with Crippen LogP contribution in [-0.4, -0.2) is 53.4 Å². The number of hydrogen-bond acceptors (Lipinski definition) is 5. The number of ether oxygens (including phenoxy) is 1. The van der Waals surface area contributed by atoms with E-state index in [4.69, 9.17) is 4.74 Å². The van der Waals surface area contributed by atoms with E-state index in [-0.39, 0.29) is 37.0 Å². The largest absolute Gasteiger partial charge is 0.427 e. The molecular weight excluding hydrogens is 484 g/mol. The van der Waals surface area contributed by atoms with Gasteiger partial charge in [-0.15, -0.1) is 6.58 Å². The van der Waals surface area contributed by atoms with Gasteiger partial charge in [0.05, 0.1) is 12.1 Å². The number of rotatable bonds is 6. The van der Waals surface area contributed by atoms with Crippen molar-refractivity contribution in [3.63, 3.8) is 0 Å². The zero-order valence-electron chi connectivity index (χ0n) is 21.7. The number of hydrogen-bond donors (Lipinski definition) is 2. The summed E-state index contributed by atoms with van der Waals surface area (Å²) in [5.41, 5.74) is 2.77. The third-order valence-corrected chi connectivity index (χ3v) is 7.90. The Bertz CT molecular complexity index is 1310. The Morgan fingerprint density at radius 2 is 1.92 bits per heavy atom. The van der Waals surface area contributed by atoms with Crippen molar-refractivity contribution in [3.05, 3.63) is 77.4 Å². The monoisotopic (exact) mass is 516 g/mol. The Hall–Kier alpha value is -4.14. The summed E-state index contributed by atoms with van der Waals surface area (Å²) < 4.78 is 5.70. The molecule has 3 aliphatic rings. The number of amides is 5. The van der Waals surface area contributed by atoms with Crippen LogP contribution in [0.1, 0.15) is 54.5 Å². The van der Waals surface area contributed by atoms with Gasteiger partial charge in [0.25, 0.3) is 5.91 Å². The number of benzene rings is 2. The molecule has 3 atom stereocenters. The summed E-state index contributed by atoms with van der Waals surface area (Å²) in [7, 11) is 1.52. The predicted octanol–water partition coefficient (Wildman–Crippen LogP) is 4.04. The minimum Gasteiger partial charge on any atom is -0.427 e. The number of nitrogens with one attached hydrogen (secondary N) is 2. The van der Waals surface area contributed by atoms with Gasteiger partial charge in [0.2, 0.25) is 11.5 Å². The molecule has 2 saturated heterocycles. The maximum absolute atomic E-state index is 13.6. The van der Waals surface area contributed by atoms with Crippen molar-refractivity contribution in [2.75, 3.05) is 18.9 Å². The third kappa shape index (κ3) is 4.21.